The number of carbonyl (C=O) groups excluding carboxylic acids is 5. The molecule has 0 radical (unpaired) electrons. The average Bonchev–Trinajstić information content (AvgIpc) is 3.42. The number of allylic oxidation sites excluding steroid dienone is 2. The van der Waals surface area contributed by atoms with Gasteiger partial charge in [-0.3, -0.25) is 34.2 Å². The first kappa shape index (κ1) is 18.7. The van der Waals surface area contributed by atoms with Gasteiger partial charge in [0, 0.05) is 18.9 Å². The number of hydrogen-bond donors (Lipinski definition) is 2. The molecular weight excluding hydrogens is 386 g/mol. The molecule has 0 aromatic heterocycles. The van der Waals surface area contributed by atoms with E-state index in [4.69, 9.17) is 0 Å². The Labute approximate surface area is 172 Å². The van der Waals surface area contributed by atoms with Crippen LogP contribution in [0, 0.1) is 17.8 Å². The van der Waals surface area contributed by atoms with Crippen LogP contribution in [-0.4, -0.2) is 40.5 Å². The average molecular weight is 407 g/mol. The Morgan fingerprint density at radius 3 is 2.63 bits per heavy atom. The van der Waals surface area contributed by atoms with Crippen LogP contribution >= 0.6 is 0 Å². The molecule has 2 unspecified atom stereocenters. The van der Waals surface area contributed by atoms with Crippen molar-refractivity contribution in [3.8, 4) is 0 Å². The summed E-state index contributed by atoms with van der Waals surface area (Å²) in [4.78, 5) is 63.1. The normalized spacial score (nSPS) is 29.4. The molecule has 0 spiro atoms. The molecule has 1 saturated carbocycles. The monoisotopic (exact) mass is 407 g/mol. The van der Waals surface area contributed by atoms with Gasteiger partial charge < -0.3 is 5.32 Å². The van der Waals surface area contributed by atoms with Gasteiger partial charge in [-0.1, -0.05) is 24.3 Å². The fourth-order valence-electron chi connectivity index (χ4n) is 5.13. The molecule has 154 valence electrons. The lowest BCUT2D eigenvalue weighted by Crippen LogP contribution is -2.54. The van der Waals surface area contributed by atoms with Crippen molar-refractivity contribution in [3.63, 3.8) is 0 Å². The van der Waals surface area contributed by atoms with Crippen LogP contribution in [0.25, 0.3) is 0 Å². The molecule has 1 saturated heterocycles. The highest BCUT2D eigenvalue weighted by Gasteiger charge is 2.45. The van der Waals surface area contributed by atoms with Gasteiger partial charge in [0.05, 0.1) is 11.1 Å². The van der Waals surface area contributed by atoms with E-state index in [1.807, 2.05) is 0 Å². The lowest BCUT2D eigenvalue weighted by atomic mass is 9.92. The highest BCUT2D eigenvalue weighted by molar-refractivity contribution is 6.24. The van der Waals surface area contributed by atoms with Gasteiger partial charge in [-0.2, -0.15) is 0 Å². The minimum Gasteiger partial charge on any atom is -0.352 e. The number of fused-ring (bicyclic) bond motifs is 3. The number of hydrogen-bond acceptors (Lipinski definition) is 5. The second-order valence-corrected chi connectivity index (χ2v) is 8.39. The standard InChI is InChI=1S/C22H21N3O5/c26-17-7-6-16(20(28)24-17)25-21(29)14-3-1-2-13(18(14)22(25)30)10-23-19(27)15-9-11-4-5-12(15)8-11/h1-5,11-12,15-16H,6-10H2,(H,23,27)(H,24,26,28)/t11-,12?,15-,16?/m0/s1. The van der Waals surface area contributed by atoms with Crippen LogP contribution in [0.2, 0.25) is 0 Å². The summed E-state index contributed by atoms with van der Waals surface area (Å²) < 4.78 is 0. The van der Waals surface area contributed by atoms with Crippen LogP contribution in [0.4, 0.5) is 0 Å². The quantitative estimate of drug-likeness (QED) is 0.569. The van der Waals surface area contributed by atoms with Crippen LogP contribution in [0.5, 0.6) is 0 Å². The van der Waals surface area contributed by atoms with Crippen LogP contribution in [0.15, 0.2) is 30.4 Å². The van der Waals surface area contributed by atoms with Crippen molar-refractivity contribution in [2.75, 3.05) is 0 Å². The smallest absolute Gasteiger partial charge is 0.262 e. The fourth-order valence-corrected chi connectivity index (χ4v) is 5.13. The minimum absolute atomic E-state index is 0.0387. The number of rotatable bonds is 4. The van der Waals surface area contributed by atoms with Crippen LogP contribution in [0.1, 0.15) is 52.0 Å². The van der Waals surface area contributed by atoms with E-state index in [0.717, 1.165) is 17.7 Å². The second kappa shape index (κ2) is 6.90. The zero-order chi connectivity index (χ0) is 21.0. The van der Waals surface area contributed by atoms with E-state index in [9.17, 15) is 24.0 Å². The summed E-state index contributed by atoms with van der Waals surface area (Å²) in [5, 5.41) is 5.11. The number of carbonyl (C=O) groups is 5. The molecule has 2 N–H and O–H groups in total. The van der Waals surface area contributed by atoms with Gasteiger partial charge in [0.1, 0.15) is 6.04 Å². The van der Waals surface area contributed by atoms with Gasteiger partial charge in [-0.15, -0.1) is 0 Å². The lowest BCUT2D eigenvalue weighted by molar-refractivity contribution is -0.136. The largest absolute Gasteiger partial charge is 0.352 e. The Morgan fingerprint density at radius 2 is 1.93 bits per heavy atom. The minimum atomic E-state index is -1.00. The first-order valence-corrected chi connectivity index (χ1v) is 10.2. The predicted octanol–water partition coefficient (Wildman–Crippen LogP) is 0.916. The van der Waals surface area contributed by atoms with Crippen molar-refractivity contribution in [1.29, 1.82) is 0 Å². The van der Waals surface area contributed by atoms with Gasteiger partial charge in [0.25, 0.3) is 11.8 Å². The number of imide groups is 2. The maximum Gasteiger partial charge on any atom is 0.262 e. The molecule has 1 aromatic carbocycles. The molecule has 2 fully saturated rings. The van der Waals surface area contributed by atoms with Crippen LogP contribution in [0.3, 0.4) is 0 Å². The molecule has 2 heterocycles. The first-order chi connectivity index (χ1) is 14.4. The maximum atomic E-state index is 13.1. The first-order valence-electron chi connectivity index (χ1n) is 10.2. The van der Waals surface area contributed by atoms with E-state index in [-0.39, 0.29) is 48.3 Å². The fraction of sp³-hybridized carbons (Fsp3) is 0.409. The third-order valence-corrected chi connectivity index (χ3v) is 6.62. The molecule has 30 heavy (non-hydrogen) atoms. The van der Waals surface area contributed by atoms with Crippen molar-refractivity contribution >= 4 is 29.5 Å². The molecule has 2 bridgehead atoms. The molecule has 8 nitrogen and oxygen atoms in total. The summed E-state index contributed by atoms with van der Waals surface area (Å²) in [6.07, 6.45) is 6.34. The van der Waals surface area contributed by atoms with Crippen molar-refractivity contribution in [2.45, 2.75) is 38.3 Å². The SMILES string of the molecule is O=C1CCC(N2C(=O)c3cccc(CNC(=O)[C@H]4C[C@H]5C=CC4C5)c3C2=O)C(=O)N1. The van der Waals surface area contributed by atoms with Crippen molar-refractivity contribution < 1.29 is 24.0 Å². The summed E-state index contributed by atoms with van der Waals surface area (Å²) in [6.45, 7) is 0.141. The van der Waals surface area contributed by atoms with E-state index < -0.39 is 29.7 Å². The summed E-state index contributed by atoms with van der Waals surface area (Å²) >= 11 is 0. The van der Waals surface area contributed by atoms with E-state index in [1.165, 1.54) is 0 Å². The molecule has 5 amide bonds. The Balaban J connectivity index is 1.34. The third-order valence-electron chi connectivity index (χ3n) is 6.62. The number of nitrogens with one attached hydrogen (secondary N) is 2. The van der Waals surface area contributed by atoms with Gasteiger partial charge in [-0.25, -0.2) is 0 Å². The van der Waals surface area contributed by atoms with E-state index in [0.29, 0.717) is 11.5 Å². The molecular formula is C22H21N3O5. The number of benzene rings is 1. The Bertz CT molecular complexity index is 1030. The summed E-state index contributed by atoms with van der Waals surface area (Å²) in [6, 6.07) is 3.92. The van der Waals surface area contributed by atoms with Gasteiger partial charge in [-0.05, 0) is 42.7 Å². The number of nitrogens with zero attached hydrogens (tertiary/aromatic N) is 1. The summed E-state index contributed by atoms with van der Waals surface area (Å²) in [5.74, 6) is -1.48. The van der Waals surface area contributed by atoms with E-state index in [1.54, 1.807) is 18.2 Å². The van der Waals surface area contributed by atoms with Gasteiger partial charge in [0.2, 0.25) is 17.7 Å². The van der Waals surface area contributed by atoms with E-state index in [2.05, 4.69) is 22.8 Å². The summed E-state index contributed by atoms with van der Waals surface area (Å²) in [5.41, 5.74) is 0.993. The van der Waals surface area contributed by atoms with Crippen LogP contribution in [-0.2, 0) is 20.9 Å². The maximum absolute atomic E-state index is 13.1. The Hall–Kier alpha value is -3.29. The highest BCUT2D eigenvalue weighted by Crippen LogP contribution is 2.43. The molecule has 4 atom stereocenters. The Morgan fingerprint density at radius 1 is 1.10 bits per heavy atom. The third kappa shape index (κ3) is 2.86. The predicted molar refractivity (Wildman–Crippen MR) is 104 cm³/mol. The molecule has 1 aromatic rings. The van der Waals surface area contributed by atoms with Crippen molar-refractivity contribution in [3.05, 3.63) is 47.0 Å². The van der Waals surface area contributed by atoms with E-state index >= 15 is 0 Å². The molecule has 4 aliphatic rings. The zero-order valence-corrected chi connectivity index (χ0v) is 16.2. The summed E-state index contributed by atoms with van der Waals surface area (Å²) in [7, 11) is 0. The molecule has 8 heteroatoms. The van der Waals surface area contributed by atoms with Crippen LogP contribution < -0.4 is 10.6 Å². The molecule has 2 aliphatic carbocycles. The zero-order valence-electron chi connectivity index (χ0n) is 16.2. The number of amides is 5. The Kier molecular flexibility index (Phi) is 4.30. The topological polar surface area (TPSA) is 113 Å². The molecule has 5 rings (SSSR count). The second-order valence-electron chi connectivity index (χ2n) is 8.39. The molecule has 2 aliphatic heterocycles. The number of piperidine rings is 1. The lowest BCUT2D eigenvalue weighted by Gasteiger charge is -2.27. The van der Waals surface area contributed by atoms with Crippen molar-refractivity contribution in [2.24, 2.45) is 17.8 Å². The van der Waals surface area contributed by atoms with Gasteiger partial charge in [0.15, 0.2) is 0 Å². The highest BCUT2D eigenvalue weighted by atomic mass is 16.2. The van der Waals surface area contributed by atoms with Gasteiger partial charge >= 0.3 is 0 Å². The van der Waals surface area contributed by atoms with Crippen molar-refractivity contribution in [1.82, 2.24) is 15.5 Å².